The van der Waals surface area contributed by atoms with Crippen molar-refractivity contribution in [3.05, 3.63) is 77.8 Å². The zero-order chi connectivity index (χ0) is 19.5. The maximum Gasteiger partial charge on any atom is 0.188 e. The van der Waals surface area contributed by atoms with E-state index in [1.807, 2.05) is 30.3 Å². The number of benzene rings is 2. The molecule has 0 radical (unpaired) electrons. The Bertz CT molecular complexity index is 889. The summed E-state index contributed by atoms with van der Waals surface area (Å²) < 4.78 is 24.6. The minimum Gasteiger partial charge on any atom is -0.496 e. The van der Waals surface area contributed by atoms with Crippen molar-refractivity contribution in [1.82, 2.24) is 0 Å². The minimum atomic E-state index is -0.377. The van der Waals surface area contributed by atoms with Crippen molar-refractivity contribution in [2.45, 2.75) is 31.5 Å². The van der Waals surface area contributed by atoms with Crippen LogP contribution in [0, 0.1) is 11.7 Å². The molecule has 3 unspecified atom stereocenters. The van der Waals surface area contributed by atoms with Crippen LogP contribution in [0.3, 0.4) is 0 Å². The molecular formula is C23H21FO4. The Morgan fingerprint density at radius 3 is 2.57 bits per heavy atom. The number of hydrogen-bond donors (Lipinski definition) is 0. The first-order valence-corrected chi connectivity index (χ1v) is 9.47. The fourth-order valence-corrected chi connectivity index (χ4v) is 3.85. The molecule has 4 rings (SSSR count). The zero-order valence-corrected chi connectivity index (χ0v) is 15.3. The molecule has 4 nitrogen and oxygen atoms in total. The molecule has 5 heteroatoms. The third kappa shape index (κ3) is 3.90. The smallest absolute Gasteiger partial charge is 0.188 e. The van der Waals surface area contributed by atoms with Crippen molar-refractivity contribution >= 4 is 17.1 Å². The quantitative estimate of drug-likeness (QED) is 0.730. The van der Waals surface area contributed by atoms with Gasteiger partial charge < -0.3 is 9.47 Å². The lowest BCUT2D eigenvalue weighted by Crippen LogP contribution is -2.41. The number of fused-ring (bicyclic) bond motifs is 1. The third-order valence-electron chi connectivity index (χ3n) is 5.41. The maximum atomic E-state index is 13.0. The number of carbonyl (C=O) groups excluding carboxylic acids is 2. The number of ether oxygens (including phenoxy) is 2. The molecule has 1 aliphatic carbocycles. The number of allylic oxidation sites excluding steroid dienone is 1. The second-order valence-electron chi connectivity index (χ2n) is 7.22. The fourth-order valence-electron chi connectivity index (χ4n) is 3.85. The molecule has 1 aliphatic heterocycles. The van der Waals surface area contributed by atoms with Crippen LogP contribution in [0.25, 0.3) is 5.57 Å². The first kappa shape index (κ1) is 18.6. The predicted octanol–water partition coefficient (Wildman–Crippen LogP) is 4.20. The molecule has 1 heterocycles. The van der Waals surface area contributed by atoms with E-state index in [-0.39, 0.29) is 42.1 Å². The van der Waals surface area contributed by atoms with E-state index in [1.165, 1.54) is 24.3 Å². The van der Waals surface area contributed by atoms with Gasteiger partial charge in [-0.25, -0.2) is 4.39 Å². The molecule has 28 heavy (non-hydrogen) atoms. The van der Waals surface area contributed by atoms with Crippen LogP contribution in [0.4, 0.5) is 4.39 Å². The Labute approximate surface area is 163 Å². The average Bonchev–Trinajstić information content (AvgIpc) is 2.73. The predicted molar refractivity (Wildman–Crippen MR) is 102 cm³/mol. The highest BCUT2D eigenvalue weighted by Gasteiger charge is 2.40. The van der Waals surface area contributed by atoms with Crippen LogP contribution in [0.15, 0.2) is 60.9 Å². The molecule has 0 N–H and O–H groups in total. The largest absolute Gasteiger partial charge is 0.496 e. The van der Waals surface area contributed by atoms with E-state index in [0.717, 1.165) is 5.56 Å². The van der Waals surface area contributed by atoms with E-state index in [0.29, 0.717) is 30.4 Å². The molecule has 0 saturated heterocycles. The number of ketones is 2. The average molecular weight is 380 g/mol. The van der Waals surface area contributed by atoms with Gasteiger partial charge in [0.25, 0.3) is 0 Å². The Morgan fingerprint density at radius 2 is 1.82 bits per heavy atom. The Kier molecular flexibility index (Phi) is 5.35. The van der Waals surface area contributed by atoms with Crippen molar-refractivity contribution in [2.24, 2.45) is 5.92 Å². The molecular weight excluding hydrogens is 359 g/mol. The van der Waals surface area contributed by atoms with Crippen LogP contribution in [0.2, 0.25) is 0 Å². The van der Waals surface area contributed by atoms with Gasteiger partial charge in [-0.05, 0) is 42.7 Å². The summed E-state index contributed by atoms with van der Waals surface area (Å²) in [5, 5.41) is 0. The van der Waals surface area contributed by atoms with E-state index in [9.17, 15) is 14.0 Å². The molecule has 0 spiro atoms. The Balaban J connectivity index is 1.35. The molecule has 0 amide bonds. The first-order valence-electron chi connectivity index (χ1n) is 9.47. The van der Waals surface area contributed by atoms with E-state index in [4.69, 9.17) is 9.47 Å². The van der Waals surface area contributed by atoms with Gasteiger partial charge in [-0.3, -0.25) is 9.59 Å². The maximum absolute atomic E-state index is 13.0. The lowest BCUT2D eigenvalue weighted by Gasteiger charge is -2.37. The molecule has 2 aromatic rings. The monoisotopic (exact) mass is 380 g/mol. The summed E-state index contributed by atoms with van der Waals surface area (Å²) in [6.07, 6.45) is 3.15. The second kappa shape index (κ2) is 8.07. The number of carbonyl (C=O) groups is 2. The van der Waals surface area contributed by atoms with Gasteiger partial charge in [0.15, 0.2) is 11.6 Å². The number of rotatable bonds is 5. The summed E-state index contributed by atoms with van der Waals surface area (Å²) in [6, 6.07) is 15.0. The summed E-state index contributed by atoms with van der Waals surface area (Å²) in [5.41, 5.74) is 1.91. The lowest BCUT2D eigenvalue weighted by atomic mass is 9.78. The molecule has 2 aliphatic rings. The Morgan fingerprint density at radius 1 is 1.07 bits per heavy atom. The topological polar surface area (TPSA) is 52.6 Å². The minimum absolute atomic E-state index is 0.0628. The zero-order valence-electron chi connectivity index (χ0n) is 15.3. The van der Waals surface area contributed by atoms with Gasteiger partial charge >= 0.3 is 0 Å². The van der Waals surface area contributed by atoms with Crippen LogP contribution in [-0.2, 0) is 14.3 Å². The van der Waals surface area contributed by atoms with Crippen LogP contribution in [0.1, 0.15) is 35.2 Å². The van der Waals surface area contributed by atoms with E-state index < -0.39 is 0 Å². The van der Waals surface area contributed by atoms with Gasteiger partial charge in [0.05, 0.1) is 23.9 Å². The molecule has 0 aromatic heterocycles. The van der Waals surface area contributed by atoms with Crippen molar-refractivity contribution < 1.29 is 23.5 Å². The van der Waals surface area contributed by atoms with Gasteiger partial charge in [-0.15, -0.1) is 0 Å². The highest BCUT2D eigenvalue weighted by molar-refractivity contribution is 6.22. The van der Waals surface area contributed by atoms with Crippen LogP contribution in [0.5, 0.6) is 0 Å². The van der Waals surface area contributed by atoms with E-state index >= 15 is 0 Å². The third-order valence-corrected chi connectivity index (χ3v) is 5.41. The SMILES string of the molecule is O=C(COC1CCC2C(=O)C(c3ccccc3)=COC2C1)c1ccc(F)cc1. The molecule has 1 saturated carbocycles. The highest BCUT2D eigenvalue weighted by Crippen LogP contribution is 2.37. The summed E-state index contributed by atoms with van der Waals surface area (Å²) in [7, 11) is 0. The van der Waals surface area contributed by atoms with Gasteiger partial charge in [0.2, 0.25) is 0 Å². The van der Waals surface area contributed by atoms with E-state index in [1.54, 1.807) is 6.26 Å². The van der Waals surface area contributed by atoms with E-state index in [2.05, 4.69) is 0 Å². The van der Waals surface area contributed by atoms with Crippen molar-refractivity contribution in [2.75, 3.05) is 6.61 Å². The van der Waals surface area contributed by atoms with Crippen molar-refractivity contribution in [1.29, 1.82) is 0 Å². The second-order valence-corrected chi connectivity index (χ2v) is 7.22. The Hall–Kier alpha value is -2.79. The molecule has 1 fully saturated rings. The van der Waals surface area contributed by atoms with Crippen LogP contribution < -0.4 is 0 Å². The number of halogens is 1. The fraction of sp³-hybridized carbons (Fsp3) is 0.304. The summed E-state index contributed by atoms with van der Waals surface area (Å²) in [5.74, 6) is -0.622. The molecule has 0 bridgehead atoms. The summed E-state index contributed by atoms with van der Waals surface area (Å²) in [4.78, 5) is 25.1. The van der Waals surface area contributed by atoms with Crippen molar-refractivity contribution in [3.63, 3.8) is 0 Å². The summed E-state index contributed by atoms with van der Waals surface area (Å²) >= 11 is 0. The highest BCUT2D eigenvalue weighted by atomic mass is 19.1. The normalized spacial score (nSPS) is 24.1. The van der Waals surface area contributed by atoms with Gasteiger partial charge in [-0.2, -0.15) is 0 Å². The van der Waals surface area contributed by atoms with Gasteiger partial charge in [0, 0.05) is 12.0 Å². The van der Waals surface area contributed by atoms with Gasteiger partial charge in [-0.1, -0.05) is 30.3 Å². The summed E-state index contributed by atoms with van der Waals surface area (Å²) in [6.45, 7) is -0.0628. The lowest BCUT2D eigenvalue weighted by molar-refractivity contribution is -0.127. The molecule has 2 aromatic carbocycles. The number of Topliss-reactive ketones (excluding diaryl/α,β-unsaturated/α-hetero) is 2. The number of hydrogen-bond acceptors (Lipinski definition) is 4. The first-order chi connectivity index (χ1) is 13.6. The van der Waals surface area contributed by atoms with Crippen LogP contribution in [-0.4, -0.2) is 30.4 Å². The van der Waals surface area contributed by atoms with Gasteiger partial charge in [0.1, 0.15) is 18.5 Å². The standard InChI is InChI=1S/C23H21FO4/c24-17-8-6-16(7-9-17)21(25)14-27-18-10-11-19-22(12-18)28-13-20(23(19)26)15-4-2-1-3-5-15/h1-9,13,18-19,22H,10-12,14H2. The van der Waals surface area contributed by atoms with Crippen molar-refractivity contribution in [3.8, 4) is 0 Å². The molecule has 3 atom stereocenters. The van der Waals surface area contributed by atoms with Crippen LogP contribution >= 0.6 is 0 Å². The molecule has 144 valence electrons.